The van der Waals surface area contributed by atoms with Gasteiger partial charge in [0.2, 0.25) is 0 Å². The van der Waals surface area contributed by atoms with Crippen LogP contribution in [0.1, 0.15) is 25.3 Å². The maximum absolute atomic E-state index is 12.7. The van der Waals surface area contributed by atoms with Crippen LogP contribution in [-0.4, -0.2) is 32.3 Å². The maximum Gasteiger partial charge on any atom is 0.336 e. The molecule has 1 unspecified atom stereocenters. The highest BCUT2D eigenvalue weighted by Gasteiger charge is 2.36. The summed E-state index contributed by atoms with van der Waals surface area (Å²) in [5.41, 5.74) is 8.10. The number of halogens is 1. The van der Waals surface area contributed by atoms with Gasteiger partial charge in [-0.1, -0.05) is 29.8 Å². The van der Waals surface area contributed by atoms with Gasteiger partial charge in [-0.2, -0.15) is 5.26 Å². The highest BCUT2D eigenvalue weighted by molar-refractivity contribution is 6.31. The standard InChI is InChI=1S/C19H22ClN3O3/c1-3-26-19(24)18-16(11-25-9-8-21)23-12(2)14(10-22)17(18)13-6-4-5-7-15(13)20/h4-7,17,23H,3,8-9,11,21H2,1-2H3. The van der Waals surface area contributed by atoms with Crippen LogP contribution in [0.4, 0.5) is 0 Å². The summed E-state index contributed by atoms with van der Waals surface area (Å²) in [6.07, 6.45) is 0. The van der Waals surface area contributed by atoms with Crippen LogP contribution in [0.15, 0.2) is 46.8 Å². The molecule has 1 atom stereocenters. The van der Waals surface area contributed by atoms with Gasteiger partial charge in [0.05, 0.1) is 48.7 Å². The van der Waals surface area contributed by atoms with Gasteiger partial charge in [0.15, 0.2) is 0 Å². The Balaban J connectivity index is 2.61. The Morgan fingerprint density at radius 2 is 2.15 bits per heavy atom. The van der Waals surface area contributed by atoms with E-state index in [2.05, 4.69) is 11.4 Å². The predicted molar refractivity (Wildman–Crippen MR) is 99.2 cm³/mol. The van der Waals surface area contributed by atoms with E-state index in [9.17, 15) is 10.1 Å². The molecule has 3 N–H and O–H groups in total. The zero-order chi connectivity index (χ0) is 19.1. The van der Waals surface area contributed by atoms with Gasteiger partial charge in [0.1, 0.15) is 0 Å². The Labute approximate surface area is 158 Å². The van der Waals surface area contributed by atoms with Gasteiger partial charge >= 0.3 is 5.97 Å². The van der Waals surface area contributed by atoms with E-state index in [0.29, 0.717) is 46.3 Å². The molecule has 1 aromatic rings. The second-order valence-corrected chi connectivity index (χ2v) is 6.09. The summed E-state index contributed by atoms with van der Waals surface area (Å²) in [4.78, 5) is 12.7. The van der Waals surface area contributed by atoms with Crippen LogP contribution in [0.5, 0.6) is 0 Å². The normalized spacial score (nSPS) is 17.0. The first kappa shape index (κ1) is 20.0. The number of nitrogens with zero attached hydrogens (tertiary/aromatic N) is 1. The number of hydrogen-bond acceptors (Lipinski definition) is 6. The van der Waals surface area contributed by atoms with E-state index in [0.717, 1.165) is 0 Å². The Morgan fingerprint density at radius 1 is 1.42 bits per heavy atom. The molecule has 0 amide bonds. The van der Waals surface area contributed by atoms with E-state index in [4.69, 9.17) is 26.8 Å². The second kappa shape index (κ2) is 9.39. The van der Waals surface area contributed by atoms with Gasteiger partial charge in [-0.3, -0.25) is 0 Å². The van der Waals surface area contributed by atoms with Gasteiger partial charge in [0, 0.05) is 17.3 Å². The lowest BCUT2D eigenvalue weighted by Crippen LogP contribution is -2.32. The van der Waals surface area contributed by atoms with Gasteiger partial charge in [-0.25, -0.2) is 4.79 Å². The average molecular weight is 376 g/mol. The molecule has 0 spiro atoms. The lowest BCUT2D eigenvalue weighted by atomic mass is 9.81. The van der Waals surface area contributed by atoms with Crippen LogP contribution in [0.25, 0.3) is 0 Å². The topological polar surface area (TPSA) is 97.4 Å². The minimum absolute atomic E-state index is 0.155. The number of benzene rings is 1. The first-order valence-electron chi connectivity index (χ1n) is 8.35. The zero-order valence-corrected chi connectivity index (χ0v) is 15.6. The summed E-state index contributed by atoms with van der Waals surface area (Å²) in [6.45, 7) is 4.62. The van der Waals surface area contributed by atoms with Crippen LogP contribution in [0.2, 0.25) is 5.02 Å². The molecule has 0 aromatic heterocycles. The molecule has 1 aliphatic heterocycles. The SMILES string of the molecule is CCOC(=O)C1=C(COCCN)NC(C)=C(C#N)C1c1ccccc1Cl. The summed E-state index contributed by atoms with van der Waals surface area (Å²) in [5, 5.41) is 13.3. The van der Waals surface area contributed by atoms with Crippen molar-refractivity contribution in [2.24, 2.45) is 5.73 Å². The summed E-state index contributed by atoms with van der Waals surface area (Å²) in [7, 11) is 0. The van der Waals surface area contributed by atoms with E-state index in [1.165, 1.54) is 0 Å². The Kier molecular flexibility index (Phi) is 7.22. The van der Waals surface area contributed by atoms with Gasteiger partial charge in [0.25, 0.3) is 0 Å². The number of carbonyl (C=O) groups excluding carboxylic acids is 1. The Bertz CT molecular complexity index is 780. The molecule has 6 nitrogen and oxygen atoms in total. The van der Waals surface area contributed by atoms with Crippen LogP contribution in [0, 0.1) is 11.3 Å². The lowest BCUT2D eigenvalue weighted by Gasteiger charge is -2.30. The monoisotopic (exact) mass is 375 g/mol. The van der Waals surface area contributed by atoms with Crippen LogP contribution >= 0.6 is 11.6 Å². The molecule has 0 aliphatic carbocycles. The number of esters is 1. The van der Waals surface area contributed by atoms with Crippen LogP contribution in [-0.2, 0) is 14.3 Å². The molecule has 0 radical (unpaired) electrons. The molecule has 138 valence electrons. The number of dihydropyridines is 1. The largest absolute Gasteiger partial charge is 0.463 e. The highest BCUT2D eigenvalue weighted by Crippen LogP contribution is 2.41. The number of carbonyl (C=O) groups is 1. The third kappa shape index (κ3) is 4.25. The van der Waals surface area contributed by atoms with E-state index in [-0.39, 0.29) is 13.2 Å². The molecule has 26 heavy (non-hydrogen) atoms. The fourth-order valence-electron chi connectivity index (χ4n) is 2.89. The molecule has 1 heterocycles. The lowest BCUT2D eigenvalue weighted by molar-refractivity contribution is -0.138. The van der Waals surface area contributed by atoms with E-state index in [1.54, 1.807) is 32.0 Å². The first-order valence-corrected chi connectivity index (χ1v) is 8.73. The Hall–Kier alpha value is -2.33. The summed E-state index contributed by atoms with van der Waals surface area (Å²) < 4.78 is 10.8. The smallest absolute Gasteiger partial charge is 0.336 e. The molecule has 2 rings (SSSR count). The fourth-order valence-corrected chi connectivity index (χ4v) is 3.13. The molecular weight excluding hydrogens is 354 g/mol. The van der Waals surface area contributed by atoms with Gasteiger partial charge in [-0.15, -0.1) is 0 Å². The molecule has 1 aromatic carbocycles. The zero-order valence-electron chi connectivity index (χ0n) is 14.8. The van der Waals surface area contributed by atoms with Crippen molar-refractivity contribution in [3.05, 3.63) is 57.4 Å². The number of nitrogens with one attached hydrogen (secondary N) is 1. The maximum atomic E-state index is 12.7. The Morgan fingerprint density at radius 3 is 2.77 bits per heavy atom. The number of rotatable bonds is 7. The van der Waals surface area contributed by atoms with Crippen molar-refractivity contribution in [1.29, 1.82) is 5.26 Å². The average Bonchev–Trinajstić information content (AvgIpc) is 2.62. The molecule has 7 heteroatoms. The number of allylic oxidation sites excluding steroid dienone is 2. The van der Waals surface area contributed by atoms with Crippen molar-refractivity contribution in [1.82, 2.24) is 5.32 Å². The minimum Gasteiger partial charge on any atom is -0.463 e. The molecule has 1 aliphatic rings. The molecule has 0 fully saturated rings. The van der Waals surface area contributed by atoms with Crippen molar-refractivity contribution in [2.45, 2.75) is 19.8 Å². The van der Waals surface area contributed by atoms with E-state index < -0.39 is 11.9 Å². The number of nitriles is 1. The predicted octanol–water partition coefficient (Wildman–Crippen LogP) is 2.62. The third-order valence-electron chi connectivity index (χ3n) is 3.99. The summed E-state index contributed by atoms with van der Waals surface area (Å²) >= 11 is 6.37. The quantitative estimate of drug-likeness (QED) is 0.561. The number of ether oxygens (including phenoxy) is 2. The van der Waals surface area contributed by atoms with Crippen LogP contribution < -0.4 is 11.1 Å². The van der Waals surface area contributed by atoms with Crippen molar-refractivity contribution in [3.63, 3.8) is 0 Å². The fraction of sp³-hybridized carbons (Fsp3) is 0.368. The summed E-state index contributed by atoms with van der Waals surface area (Å²) in [6, 6.07) is 9.36. The highest BCUT2D eigenvalue weighted by atomic mass is 35.5. The first-order chi connectivity index (χ1) is 12.5. The number of hydrogen-bond donors (Lipinski definition) is 2. The molecule has 0 bridgehead atoms. The summed E-state index contributed by atoms with van der Waals surface area (Å²) in [5.74, 6) is -1.12. The van der Waals surface area contributed by atoms with Crippen LogP contribution in [0.3, 0.4) is 0 Å². The van der Waals surface area contributed by atoms with Crippen molar-refractivity contribution in [2.75, 3.05) is 26.4 Å². The third-order valence-corrected chi connectivity index (χ3v) is 4.33. The molecular formula is C19H22ClN3O3. The molecule has 0 saturated carbocycles. The van der Waals surface area contributed by atoms with E-state index in [1.807, 2.05) is 6.07 Å². The molecule has 0 saturated heterocycles. The van der Waals surface area contributed by atoms with Gasteiger partial charge in [-0.05, 0) is 25.5 Å². The van der Waals surface area contributed by atoms with E-state index >= 15 is 0 Å². The van der Waals surface area contributed by atoms with Crippen molar-refractivity contribution in [3.8, 4) is 6.07 Å². The van der Waals surface area contributed by atoms with Crippen molar-refractivity contribution >= 4 is 17.6 Å². The second-order valence-electron chi connectivity index (χ2n) is 5.68. The van der Waals surface area contributed by atoms with Crippen molar-refractivity contribution < 1.29 is 14.3 Å². The number of nitrogens with two attached hydrogens (primary N) is 1. The van der Waals surface area contributed by atoms with Gasteiger partial charge < -0.3 is 20.5 Å². The minimum atomic E-state index is -0.620.